The molecule has 0 bridgehead atoms. The van der Waals surface area contributed by atoms with E-state index in [0.29, 0.717) is 0 Å². The number of hydrogen-bond donors (Lipinski definition) is 0. The van der Waals surface area contributed by atoms with Crippen molar-refractivity contribution in [3.05, 3.63) is 0 Å². The third kappa shape index (κ3) is 2.61. The molecule has 0 spiro atoms. The van der Waals surface area contributed by atoms with Gasteiger partial charge in [-0.1, -0.05) is 0 Å². The largest absolute Gasteiger partial charge is 0.311 e. The van der Waals surface area contributed by atoms with Crippen LogP contribution in [0.3, 0.4) is 0 Å². The molecule has 2 heterocycles. The number of nitriles is 1. The number of likely N-dealkylation sites (tertiary alicyclic amines) is 1. The van der Waals surface area contributed by atoms with Crippen LogP contribution in [0.1, 0.15) is 12.8 Å². The lowest BCUT2D eigenvalue weighted by atomic mass is 10.0. The minimum atomic E-state index is 0.725. The molecule has 0 amide bonds. The fourth-order valence-corrected chi connectivity index (χ4v) is 2.52. The van der Waals surface area contributed by atoms with Crippen LogP contribution in [0.2, 0.25) is 0 Å². The Bertz CT molecular complexity index is 231. The van der Waals surface area contributed by atoms with Crippen molar-refractivity contribution >= 4 is 0 Å². The molecule has 0 aliphatic carbocycles. The Morgan fingerprint density at radius 3 is 2.13 bits per heavy atom. The van der Waals surface area contributed by atoms with E-state index in [0.717, 1.165) is 32.0 Å². The number of piperidine rings is 1. The fourth-order valence-electron chi connectivity index (χ4n) is 2.52. The Morgan fingerprint density at radius 1 is 1.00 bits per heavy atom. The molecule has 0 aromatic heterocycles. The molecule has 2 aliphatic heterocycles. The summed E-state index contributed by atoms with van der Waals surface area (Å²) in [4.78, 5) is 6.88. The molecule has 0 unspecified atom stereocenters. The summed E-state index contributed by atoms with van der Waals surface area (Å²) in [5.74, 6) is 0. The van der Waals surface area contributed by atoms with E-state index >= 15 is 0 Å². The molecule has 2 fully saturated rings. The van der Waals surface area contributed by atoms with Crippen LogP contribution in [0.15, 0.2) is 0 Å². The summed E-state index contributed by atoms with van der Waals surface area (Å²) >= 11 is 0. The third-order valence-electron chi connectivity index (χ3n) is 3.66. The van der Waals surface area contributed by atoms with Crippen LogP contribution in [0.5, 0.6) is 0 Å². The van der Waals surface area contributed by atoms with Gasteiger partial charge in [0.1, 0.15) is 0 Å². The Labute approximate surface area is 92.0 Å². The van der Waals surface area contributed by atoms with Crippen molar-refractivity contribution in [2.45, 2.75) is 18.9 Å². The molecule has 2 aliphatic rings. The van der Waals surface area contributed by atoms with E-state index in [9.17, 15) is 0 Å². The van der Waals surface area contributed by atoms with Crippen LogP contribution in [0.25, 0.3) is 0 Å². The first-order valence-electron chi connectivity index (χ1n) is 5.87. The summed E-state index contributed by atoms with van der Waals surface area (Å²) in [7, 11) is 2.19. The number of likely N-dealkylation sites (N-methyl/N-ethyl adjacent to an activating group) is 1. The van der Waals surface area contributed by atoms with Crippen LogP contribution in [0.4, 0.5) is 0 Å². The molecule has 4 heteroatoms. The highest BCUT2D eigenvalue weighted by Crippen LogP contribution is 2.17. The van der Waals surface area contributed by atoms with E-state index in [1.165, 1.54) is 26.2 Å². The first kappa shape index (κ1) is 10.7. The maximum absolute atomic E-state index is 8.78. The minimum Gasteiger partial charge on any atom is -0.311 e. The van der Waals surface area contributed by atoms with E-state index in [1.54, 1.807) is 0 Å². The summed E-state index contributed by atoms with van der Waals surface area (Å²) in [6.07, 6.45) is 4.57. The molecule has 2 rings (SSSR count). The average Bonchev–Trinajstić information content (AvgIpc) is 2.30. The van der Waals surface area contributed by atoms with Gasteiger partial charge in [0.05, 0.1) is 0 Å². The molecule has 84 valence electrons. The highest BCUT2D eigenvalue weighted by molar-refractivity contribution is 4.86. The van der Waals surface area contributed by atoms with Gasteiger partial charge in [-0.25, -0.2) is 0 Å². The first-order chi connectivity index (χ1) is 7.29. The molecule has 0 atom stereocenters. The molecular formula is C11H20N4. The minimum absolute atomic E-state index is 0.725. The third-order valence-corrected chi connectivity index (χ3v) is 3.66. The van der Waals surface area contributed by atoms with Gasteiger partial charge in [-0.3, -0.25) is 4.90 Å². The van der Waals surface area contributed by atoms with Gasteiger partial charge in [0.25, 0.3) is 0 Å². The van der Waals surface area contributed by atoms with Crippen LogP contribution in [0, 0.1) is 11.5 Å². The van der Waals surface area contributed by atoms with E-state index < -0.39 is 0 Å². The van der Waals surface area contributed by atoms with Gasteiger partial charge in [-0.15, -0.1) is 0 Å². The van der Waals surface area contributed by atoms with Crippen LogP contribution in [-0.4, -0.2) is 67.1 Å². The summed E-state index contributed by atoms with van der Waals surface area (Å²) in [5, 5.41) is 8.78. The standard InChI is InChI=1S/C11H20N4/c1-13-6-8-15(9-7-13)11-2-4-14(10-12)5-3-11/h11H,2-9H2,1H3. The topological polar surface area (TPSA) is 33.5 Å². The van der Waals surface area contributed by atoms with E-state index in [4.69, 9.17) is 5.26 Å². The smallest absolute Gasteiger partial charge is 0.179 e. The van der Waals surface area contributed by atoms with Crippen molar-refractivity contribution in [3.8, 4) is 6.19 Å². The Balaban J connectivity index is 1.78. The molecule has 0 radical (unpaired) electrons. The molecule has 0 aromatic rings. The Morgan fingerprint density at radius 2 is 1.60 bits per heavy atom. The zero-order valence-electron chi connectivity index (χ0n) is 9.52. The predicted octanol–water partition coefficient (Wildman–Crippen LogP) is 0.179. The lowest BCUT2D eigenvalue weighted by molar-refractivity contribution is 0.0797. The zero-order chi connectivity index (χ0) is 10.7. The van der Waals surface area contributed by atoms with Gasteiger partial charge in [0.2, 0.25) is 0 Å². The van der Waals surface area contributed by atoms with E-state index in [2.05, 4.69) is 23.0 Å². The second-order valence-corrected chi connectivity index (χ2v) is 4.66. The monoisotopic (exact) mass is 208 g/mol. The predicted molar refractivity (Wildman–Crippen MR) is 59.3 cm³/mol. The highest BCUT2D eigenvalue weighted by atomic mass is 15.3. The molecule has 0 aromatic carbocycles. The van der Waals surface area contributed by atoms with Crippen molar-refractivity contribution in [2.75, 3.05) is 46.3 Å². The highest BCUT2D eigenvalue weighted by Gasteiger charge is 2.25. The number of piperazine rings is 1. The quantitative estimate of drug-likeness (QED) is 0.576. The lowest BCUT2D eigenvalue weighted by Gasteiger charge is -2.41. The number of nitrogens with zero attached hydrogens (tertiary/aromatic N) is 4. The summed E-state index contributed by atoms with van der Waals surface area (Å²) in [5.41, 5.74) is 0. The molecule has 15 heavy (non-hydrogen) atoms. The normalized spacial score (nSPS) is 26.5. The molecule has 0 N–H and O–H groups in total. The van der Waals surface area contributed by atoms with Gasteiger partial charge in [-0.2, -0.15) is 5.26 Å². The maximum Gasteiger partial charge on any atom is 0.179 e. The first-order valence-corrected chi connectivity index (χ1v) is 5.87. The van der Waals surface area contributed by atoms with E-state index in [-0.39, 0.29) is 0 Å². The second kappa shape index (κ2) is 4.82. The summed E-state index contributed by atoms with van der Waals surface area (Å²) in [6.45, 7) is 6.69. The van der Waals surface area contributed by atoms with Crippen molar-refractivity contribution in [1.29, 1.82) is 5.26 Å². The molecule has 0 saturated carbocycles. The molecular weight excluding hydrogens is 188 g/mol. The maximum atomic E-state index is 8.78. The van der Waals surface area contributed by atoms with Gasteiger partial charge in [0, 0.05) is 45.3 Å². The van der Waals surface area contributed by atoms with Crippen LogP contribution in [-0.2, 0) is 0 Å². The Kier molecular flexibility index (Phi) is 3.45. The molecule has 4 nitrogen and oxygen atoms in total. The van der Waals surface area contributed by atoms with Crippen molar-refractivity contribution in [1.82, 2.24) is 14.7 Å². The average molecular weight is 208 g/mol. The SMILES string of the molecule is CN1CCN(C2CCN(C#N)CC2)CC1. The van der Waals surface area contributed by atoms with Crippen molar-refractivity contribution < 1.29 is 0 Å². The number of rotatable bonds is 1. The second-order valence-electron chi connectivity index (χ2n) is 4.66. The van der Waals surface area contributed by atoms with Gasteiger partial charge >= 0.3 is 0 Å². The van der Waals surface area contributed by atoms with E-state index in [1.807, 2.05) is 4.90 Å². The fraction of sp³-hybridized carbons (Fsp3) is 0.909. The lowest BCUT2D eigenvalue weighted by Crippen LogP contribution is -2.51. The number of hydrogen-bond acceptors (Lipinski definition) is 4. The van der Waals surface area contributed by atoms with Gasteiger partial charge in [0.15, 0.2) is 6.19 Å². The zero-order valence-corrected chi connectivity index (χ0v) is 9.52. The van der Waals surface area contributed by atoms with Crippen molar-refractivity contribution in [2.24, 2.45) is 0 Å². The Hall–Kier alpha value is -0.790. The van der Waals surface area contributed by atoms with Gasteiger partial charge < -0.3 is 9.80 Å². The van der Waals surface area contributed by atoms with Gasteiger partial charge in [-0.05, 0) is 19.9 Å². The van der Waals surface area contributed by atoms with Crippen LogP contribution >= 0.6 is 0 Å². The molecule has 2 saturated heterocycles. The van der Waals surface area contributed by atoms with Crippen molar-refractivity contribution in [3.63, 3.8) is 0 Å². The summed E-state index contributed by atoms with van der Waals surface area (Å²) in [6, 6.07) is 0.725. The van der Waals surface area contributed by atoms with Crippen LogP contribution < -0.4 is 0 Å². The summed E-state index contributed by atoms with van der Waals surface area (Å²) < 4.78 is 0.